The number of aryl methyl sites for hydroxylation is 2. The summed E-state index contributed by atoms with van der Waals surface area (Å²) < 4.78 is 0. The van der Waals surface area contributed by atoms with E-state index in [1.807, 2.05) is 75.4 Å². The van der Waals surface area contributed by atoms with Gasteiger partial charge in [0, 0.05) is 29.6 Å². The molecule has 3 aromatic rings. The molecule has 2 amide bonds. The Morgan fingerprint density at radius 3 is 2.31 bits per heavy atom. The minimum absolute atomic E-state index is 0.133. The van der Waals surface area contributed by atoms with Crippen LogP contribution in [0.15, 0.2) is 66.7 Å². The summed E-state index contributed by atoms with van der Waals surface area (Å²) in [5.41, 5.74) is 4.94. The first-order valence-corrected chi connectivity index (χ1v) is 12.6. The number of benzene rings is 3. The molecule has 3 rings (SSSR count). The molecule has 184 valence electrons. The second-order valence-corrected chi connectivity index (χ2v) is 9.69. The lowest BCUT2D eigenvalue weighted by Crippen LogP contribution is -2.51. The van der Waals surface area contributed by atoms with Gasteiger partial charge in [0.2, 0.25) is 11.8 Å². The normalized spacial score (nSPS) is 11.7. The summed E-state index contributed by atoms with van der Waals surface area (Å²) in [6, 6.07) is 20.3. The molecule has 0 aliphatic rings. The fourth-order valence-corrected chi connectivity index (χ4v) is 4.41. The van der Waals surface area contributed by atoms with Gasteiger partial charge in [0.15, 0.2) is 0 Å². The predicted octanol–water partition coefficient (Wildman–Crippen LogP) is 6.32. The van der Waals surface area contributed by atoms with Gasteiger partial charge in [-0.15, -0.1) is 0 Å². The van der Waals surface area contributed by atoms with Crippen molar-refractivity contribution >= 4 is 35.0 Å². The van der Waals surface area contributed by atoms with Crippen molar-refractivity contribution in [2.45, 2.75) is 52.6 Å². The molecule has 0 bridgehead atoms. The number of hydrogen-bond donors (Lipinski definition) is 1. The van der Waals surface area contributed by atoms with Crippen molar-refractivity contribution in [2.24, 2.45) is 0 Å². The van der Waals surface area contributed by atoms with Crippen molar-refractivity contribution in [1.82, 2.24) is 10.2 Å². The summed E-state index contributed by atoms with van der Waals surface area (Å²) in [5, 5.41) is 3.98. The maximum absolute atomic E-state index is 13.8. The lowest BCUT2D eigenvalue weighted by molar-refractivity contribution is -0.140. The zero-order chi connectivity index (χ0) is 25.4. The summed E-state index contributed by atoms with van der Waals surface area (Å²) in [7, 11) is 0. The first-order chi connectivity index (χ1) is 16.8. The van der Waals surface area contributed by atoms with Crippen LogP contribution in [0.5, 0.6) is 0 Å². The van der Waals surface area contributed by atoms with Crippen LogP contribution in [0.4, 0.5) is 0 Å². The van der Waals surface area contributed by atoms with Gasteiger partial charge in [-0.2, -0.15) is 0 Å². The Kier molecular flexibility index (Phi) is 9.76. The van der Waals surface area contributed by atoms with E-state index in [0.717, 1.165) is 28.7 Å². The molecule has 0 aromatic heterocycles. The van der Waals surface area contributed by atoms with E-state index in [4.69, 9.17) is 23.2 Å². The molecule has 0 aliphatic carbocycles. The Labute approximate surface area is 218 Å². The van der Waals surface area contributed by atoms with Gasteiger partial charge in [-0.3, -0.25) is 9.59 Å². The molecule has 0 heterocycles. The molecule has 0 aliphatic heterocycles. The van der Waals surface area contributed by atoms with Crippen LogP contribution in [0.25, 0.3) is 0 Å². The maximum atomic E-state index is 13.8. The quantitative estimate of drug-likeness (QED) is 0.346. The number of rotatable bonds is 10. The number of carbonyl (C=O) groups is 2. The van der Waals surface area contributed by atoms with E-state index >= 15 is 0 Å². The molecule has 3 aromatic carbocycles. The molecule has 0 radical (unpaired) electrons. The average molecular weight is 511 g/mol. The van der Waals surface area contributed by atoms with E-state index in [9.17, 15) is 9.59 Å². The first kappa shape index (κ1) is 26.8. The van der Waals surface area contributed by atoms with Crippen LogP contribution in [0.3, 0.4) is 0 Å². The highest BCUT2D eigenvalue weighted by Gasteiger charge is 2.30. The number of amides is 2. The third-order valence-electron chi connectivity index (χ3n) is 6.10. The van der Waals surface area contributed by atoms with Crippen LogP contribution >= 0.6 is 23.2 Å². The Bertz CT molecular complexity index is 1160. The van der Waals surface area contributed by atoms with Gasteiger partial charge in [0.05, 0.1) is 6.42 Å². The van der Waals surface area contributed by atoms with Crippen LogP contribution in [-0.2, 0) is 29.0 Å². The smallest absolute Gasteiger partial charge is 0.243 e. The SMILES string of the molecule is CCCNC(=O)[C@H](Cc1ccccc1)N(Cc1ccc(Cl)cc1Cl)C(=O)Cc1ccc(C)c(C)c1. The Balaban J connectivity index is 1.99. The van der Waals surface area contributed by atoms with Crippen molar-refractivity contribution < 1.29 is 9.59 Å². The van der Waals surface area contributed by atoms with Gasteiger partial charge in [-0.05, 0) is 60.2 Å². The number of carbonyl (C=O) groups excluding carboxylic acids is 2. The van der Waals surface area contributed by atoms with Crippen molar-refractivity contribution in [2.75, 3.05) is 6.54 Å². The third kappa shape index (κ3) is 7.58. The Morgan fingerprint density at radius 1 is 0.914 bits per heavy atom. The van der Waals surface area contributed by atoms with E-state index in [-0.39, 0.29) is 24.8 Å². The molecule has 0 unspecified atom stereocenters. The molecule has 1 atom stereocenters. The maximum Gasteiger partial charge on any atom is 0.243 e. The highest BCUT2D eigenvalue weighted by molar-refractivity contribution is 6.35. The largest absolute Gasteiger partial charge is 0.354 e. The summed E-state index contributed by atoms with van der Waals surface area (Å²) in [5.74, 6) is -0.305. The molecule has 1 N–H and O–H groups in total. The fourth-order valence-electron chi connectivity index (χ4n) is 3.94. The lowest BCUT2D eigenvalue weighted by Gasteiger charge is -2.32. The summed E-state index contributed by atoms with van der Waals surface area (Å²) in [6.07, 6.45) is 1.41. The molecule has 0 spiro atoms. The van der Waals surface area contributed by atoms with Gasteiger partial charge in [-0.1, -0.05) is 84.7 Å². The van der Waals surface area contributed by atoms with E-state index in [1.165, 1.54) is 5.56 Å². The first-order valence-electron chi connectivity index (χ1n) is 11.9. The number of hydrogen-bond acceptors (Lipinski definition) is 2. The van der Waals surface area contributed by atoms with Crippen molar-refractivity contribution in [3.8, 4) is 0 Å². The highest BCUT2D eigenvalue weighted by Crippen LogP contribution is 2.25. The van der Waals surface area contributed by atoms with Gasteiger partial charge in [0.25, 0.3) is 0 Å². The summed E-state index contributed by atoms with van der Waals surface area (Å²) >= 11 is 12.6. The van der Waals surface area contributed by atoms with Gasteiger partial charge < -0.3 is 10.2 Å². The number of nitrogens with one attached hydrogen (secondary N) is 1. The van der Waals surface area contributed by atoms with Crippen molar-refractivity contribution in [3.63, 3.8) is 0 Å². The lowest BCUT2D eigenvalue weighted by atomic mass is 10.00. The molecular formula is C29H32Cl2N2O2. The van der Waals surface area contributed by atoms with Crippen LogP contribution in [-0.4, -0.2) is 29.3 Å². The second-order valence-electron chi connectivity index (χ2n) is 8.85. The Morgan fingerprint density at radius 2 is 1.66 bits per heavy atom. The molecule has 4 nitrogen and oxygen atoms in total. The summed E-state index contributed by atoms with van der Waals surface area (Å²) in [4.78, 5) is 28.8. The van der Waals surface area contributed by atoms with E-state index in [0.29, 0.717) is 23.0 Å². The second kappa shape index (κ2) is 12.8. The molecule has 0 saturated carbocycles. The number of nitrogens with zero attached hydrogens (tertiary/aromatic N) is 1. The van der Waals surface area contributed by atoms with Crippen molar-refractivity contribution in [1.29, 1.82) is 0 Å². The topological polar surface area (TPSA) is 49.4 Å². The third-order valence-corrected chi connectivity index (χ3v) is 6.69. The molecule has 6 heteroatoms. The standard InChI is InChI=1S/C29H32Cl2N2O2/c1-4-14-32-29(35)27(16-22-8-6-5-7-9-22)33(19-24-12-13-25(30)18-26(24)31)28(34)17-23-11-10-20(2)21(3)15-23/h5-13,15,18,27H,4,14,16-17,19H2,1-3H3,(H,32,35)/t27-/m0/s1. The highest BCUT2D eigenvalue weighted by atomic mass is 35.5. The fraction of sp³-hybridized carbons (Fsp3) is 0.310. The Hall–Kier alpha value is -2.82. The summed E-state index contributed by atoms with van der Waals surface area (Å²) in [6.45, 7) is 6.83. The van der Waals surface area contributed by atoms with Gasteiger partial charge in [0.1, 0.15) is 6.04 Å². The zero-order valence-corrected chi connectivity index (χ0v) is 22.0. The van der Waals surface area contributed by atoms with Crippen molar-refractivity contribution in [3.05, 3.63) is 105 Å². The zero-order valence-electron chi connectivity index (χ0n) is 20.5. The minimum Gasteiger partial charge on any atom is -0.354 e. The van der Waals surface area contributed by atoms with E-state index in [2.05, 4.69) is 5.32 Å². The average Bonchev–Trinajstić information content (AvgIpc) is 2.84. The van der Waals surface area contributed by atoms with Crippen LogP contribution in [0, 0.1) is 13.8 Å². The molecular weight excluding hydrogens is 479 g/mol. The van der Waals surface area contributed by atoms with Crippen LogP contribution in [0.1, 0.15) is 41.2 Å². The molecule has 0 fully saturated rings. The van der Waals surface area contributed by atoms with Crippen LogP contribution in [0.2, 0.25) is 10.0 Å². The van der Waals surface area contributed by atoms with Gasteiger partial charge >= 0.3 is 0 Å². The minimum atomic E-state index is -0.685. The predicted molar refractivity (Wildman–Crippen MR) is 144 cm³/mol. The molecule has 35 heavy (non-hydrogen) atoms. The molecule has 0 saturated heterocycles. The number of halogens is 2. The van der Waals surface area contributed by atoms with E-state index in [1.54, 1.807) is 17.0 Å². The van der Waals surface area contributed by atoms with Crippen LogP contribution < -0.4 is 5.32 Å². The van der Waals surface area contributed by atoms with Gasteiger partial charge in [-0.25, -0.2) is 0 Å². The van der Waals surface area contributed by atoms with E-state index < -0.39 is 6.04 Å². The monoisotopic (exact) mass is 510 g/mol.